The Bertz CT molecular complexity index is 1510. The van der Waals surface area contributed by atoms with E-state index in [0.29, 0.717) is 19.3 Å². The maximum atomic E-state index is 12.8. The molecule has 2 N–H and O–H groups in total. The number of rotatable bonds is 47. The van der Waals surface area contributed by atoms with Crippen LogP contribution in [0.5, 0.6) is 0 Å². The second kappa shape index (κ2) is 49.8. The van der Waals surface area contributed by atoms with Crippen LogP contribution in [0.1, 0.15) is 201 Å². The van der Waals surface area contributed by atoms with Crippen molar-refractivity contribution in [1.82, 2.24) is 0 Å². The molecule has 0 bridgehead atoms. The van der Waals surface area contributed by atoms with Crippen LogP contribution >= 0.6 is 7.82 Å². The van der Waals surface area contributed by atoms with Crippen molar-refractivity contribution in [2.75, 3.05) is 26.4 Å². The Hall–Kier alpha value is -3.60. The number of hydrogen-bond donors (Lipinski definition) is 2. The van der Waals surface area contributed by atoms with E-state index in [1.165, 1.54) is 25.7 Å². The maximum absolute atomic E-state index is 12.8. The van der Waals surface area contributed by atoms with E-state index in [9.17, 15) is 28.9 Å². The normalized spacial score (nSPS) is 14.2. The number of carbonyl (C=O) groups is 3. The van der Waals surface area contributed by atoms with Crippen LogP contribution < -0.4 is 0 Å². The van der Waals surface area contributed by atoms with E-state index in [4.69, 9.17) is 23.3 Å². The van der Waals surface area contributed by atoms with Gasteiger partial charge in [0.2, 0.25) is 0 Å². The Labute approximate surface area is 412 Å². The number of allylic oxidation sites excluding steroid dienone is 16. The first kappa shape index (κ1) is 64.4. The number of esters is 3. The topological polar surface area (TPSA) is 155 Å². The second-order valence-corrected chi connectivity index (χ2v) is 18.4. The number of phosphoric ester groups is 1. The van der Waals surface area contributed by atoms with Gasteiger partial charge in [-0.1, -0.05) is 163 Å². The van der Waals surface area contributed by atoms with Crippen molar-refractivity contribution in [2.24, 2.45) is 0 Å². The van der Waals surface area contributed by atoms with Crippen LogP contribution in [0.15, 0.2) is 97.2 Å². The van der Waals surface area contributed by atoms with Gasteiger partial charge in [-0.05, 0) is 116 Å². The lowest BCUT2D eigenvalue weighted by Gasteiger charge is -2.21. The molecule has 0 rings (SSSR count). The third kappa shape index (κ3) is 47.5. The molecular weight excluding hydrogens is 880 g/mol. The van der Waals surface area contributed by atoms with Crippen LogP contribution in [0, 0.1) is 0 Å². The van der Waals surface area contributed by atoms with E-state index in [1.807, 2.05) is 0 Å². The summed E-state index contributed by atoms with van der Waals surface area (Å²) in [5, 5.41) is 9.77. The number of hydrogen-bond acceptors (Lipinski definition) is 10. The van der Waals surface area contributed by atoms with E-state index in [1.54, 1.807) is 0 Å². The number of ether oxygens (including phenoxy) is 3. The first-order chi connectivity index (χ1) is 33.2. The first-order valence-electron chi connectivity index (χ1n) is 26.1. The number of aliphatic hydroxyl groups excluding tert-OH is 1. The Morgan fingerprint density at radius 1 is 0.426 bits per heavy atom. The summed E-state index contributed by atoms with van der Waals surface area (Å²) in [5.74, 6) is -1.57. The Morgan fingerprint density at radius 2 is 0.765 bits per heavy atom. The molecule has 0 aliphatic rings. The van der Waals surface area contributed by atoms with Gasteiger partial charge in [0.05, 0.1) is 19.8 Å². The van der Waals surface area contributed by atoms with Crippen LogP contribution in [0.25, 0.3) is 0 Å². The van der Waals surface area contributed by atoms with Crippen molar-refractivity contribution >= 4 is 25.7 Å². The molecule has 0 aromatic heterocycles. The highest BCUT2D eigenvalue weighted by Gasteiger charge is 2.28. The van der Waals surface area contributed by atoms with Crippen LogP contribution in [-0.4, -0.2) is 66.5 Å². The largest absolute Gasteiger partial charge is 0.472 e. The molecule has 0 aromatic carbocycles. The number of phosphoric acid groups is 1. The highest BCUT2D eigenvalue weighted by atomic mass is 31.2. The average molecular weight is 973 g/mol. The molecule has 0 saturated heterocycles. The van der Waals surface area contributed by atoms with Crippen molar-refractivity contribution in [3.05, 3.63) is 97.2 Å². The van der Waals surface area contributed by atoms with Gasteiger partial charge in [-0.25, -0.2) is 4.57 Å². The molecule has 3 atom stereocenters. The van der Waals surface area contributed by atoms with Crippen LogP contribution in [0.4, 0.5) is 0 Å². The van der Waals surface area contributed by atoms with Crippen molar-refractivity contribution in [3.63, 3.8) is 0 Å². The second-order valence-electron chi connectivity index (χ2n) is 16.9. The molecule has 388 valence electrons. The monoisotopic (exact) mass is 973 g/mol. The molecule has 0 aromatic rings. The van der Waals surface area contributed by atoms with Crippen molar-refractivity contribution in [3.8, 4) is 0 Å². The van der Waals surface area contributed by atoms with Crippen molar-refractivity contribution < 1.29 is 52.2 Å². The van der Waals surface area contributed by atoms with Gasteiger partial charge in [-0.3, -0.25) is 23.4 Å². The smallest absolute Gasteiger partial charge is 0.462 e. The molecule has 0 aliphatic carbocycles. The lowest BCUT2D eigenvalue weighted by molar-refractivity contribution is -0.161. The molecule has 0 saturated carbocycles. The standard InChI is InChI=1S/C56H93O11P/c1-4-7-10-13-16-19-22-25-26-29-30-33-36-39-42-45-54(58)63-49-53(67-56(60)47-44-41-38-35-32-28-24-21-18-15-12-9-6-3)51-65-68(61,62)64-50-52(48-57)66-55(59)46-43-40-37-34-31-27-23-20-17-14-11-8-5-2/h7,9-10,12,16,18-21,23,25-26,28,30,32-33,52-53,57H,4-6,8,11,13-15,17,22,24,27,29,31,34-51H2,1-3H3,(H,61,62)/b10-7-,12-9-,19-16-,21-18-,23-20-,26-25-,32-28-,33-30-. The molecule has 0 radical (unpaired) electrons. The third-order valence-corrected chi connectivity index (χ3v) is 11.4. The fraction of sp³-hybridized carbons (Fsp3) is 0.661. The van der Waals surface area contributed by atoms with Gasteiger partial charge in [0.25, 0.3) is 0 Å². The zero-order valence-electron chi connectivity index (χ0n) is 42.5. The summed E-state index contributed by atoms with van der Waals surface area (Å²) in [6.07, 6.45) is 56.7. The summed E-state index contributed by atoms with van der Waals surface area (Å²) in [4.78, 5) is 48.3. The molecule has 0 heterocycles. The predicted octanol–water partition coefficient (Wildman–Crippen LogP) is 14.9. The zero-order chi connectivity index (χ0) is 49.9. The van der Waals surface area contributed by atoms with E-state index in [2.05, 4.69) is 118 Å². The van der Waals surface area contributed by atoms with Gasteiger partial charge in [0.15, 0.2) is 6.10 Å². The van der Waals surface area contributed by atoms with Gasteiger partial charge in [0.1, 0.15) is 12.7 Å². The van der Waals surface area contributed by atoms with E-state index >= 15 is 0 Å². The minimum Gasteiger partial charge on any atom is -0.462 e. The molecule has 0 aliphatic heterocycles. The summed E-state index contributed by atoms with van der Waals surface area (Å²) in [6.45, 7) is 4.28. The number of carbonyl (C=O) groups excluding carboxylic acids is 3. The molecule has 3 unspecified atom stereocenters. The van der Waals surface area contributed by atoms with E-state index < -0.39 is 57.8 Å². The minimum absolute atomic E-state index is 0.118. The quantitative estimate of drug-likeness (QED) is 0.0197. The molecule has 11 nitrogen and oxygen atoms in total. The van der Waals surface area contributed by atoms with Crippen LogP contribution in [0.3, 0.4) is 0 Å². The SMILES string of the molecule is CC/C=C\C/C=C\C/C=C\C/C=C\CCCCC(=O)OCC(COP(=O)(O)OCC(CO)OC(=O)CCCCCCC/C=C\CCCCCC)OC(=O)CCCCC/C=C\C/C=C\C/C=C\CC. The molecular formula is C56H93O11P. The number of aliphatic hydroxyl groups is 1. The molecule has 68 heavy (non-hydrogen) atoms. The lowest BCUT2D eigenvalue weighted by Crippen LogP contribution is -2.30. The number of unbranched alkanes of at least 4 members (excludes halogenated alkanes) is 14. The minimum atomic E-state index is -4.76. The van der Waals surface area contributed by atoms with Crippen molar-refractivity contribution in [1.29, 1.82) is 0 Å². The summed E-state index contributed by atoms with van der Waals surface area (Å²) in [6, 6.07) is 0. The lowest BCUT2D eigenvalue weighted by atomic mass is 10.1. The first-order valence-corrected chi connectivity index (χ1v) is 27.6. The highest BCUT2D eigenvalue weighted by molar-refractivity contribution is 7.47. The summed E-state index contributed by atoms with van der Waals surface area (Å²) in [5.41, 5.74) is 0. The van der Waals surface area contributed by atoms with Gasteiger partial charge in [0, 0.05) is 19.3 Å². The van der Waals surface area contributed by atoms with Crippen LogP contribution in [-0.2, 0) is 42.2 Å². The van der Waals surface area contributed by atoms with Gasteiger partial charge in [-0.15, -0.1) is 0 Å². The van der Waals surface area contributed by atoms with Gasteiger partial charge >= 0.3 is 25.7 Å². The molecule has 0 spiro atoms. The van der Waals surface area contributed by atoms with E-state index in [-0.39, 0.29) is 25.9 Å². The van der Waals surface area contributed by atoms with E-state index in [0.717, 1.165) is 116 Å². The third-order valence-electron chi connectivity index (χ3n) is 10.5. The Morgan fingerprint density at radius 3 is 1.24 bits per heavy atom. The average Bonchev–Trinajstić information content (AvgIpc) is 3.32. The fourth-order valence-electron chi connectivity index (χ4n) is 6.53. The fourth-order valence-corrected chi connectivity index (χ4v) is 7.31. The van der Waals surface area contributed by atoms with Crippen LogP contribution in [0.2, 0.25) is 0 Å². The summed E-state index contributed by atoms with van der Waals surface area (Å²) >= 11 is 0. The maximum Gasteiger partial charge on any atom is 0.472 e. The highest BCUT2D eigenvalue weighted by Crippen LogP contribution is 2.43. The summed E-state index contributed by atoms with van der Waals surface area (Å²) < 4.78 is 39.3. The predicted molar refractivity (Wildman–Crippen MR) is 279 cm³/mol. The molecule has 12 heteroatoms. The molecule has 0 amide bonds. The Kier molecular flexibility index (Phi) is 47.2. The zero-order valence-corrected chi connectivity index (χ0v) is 43.4. The van der Waals surface area contributed by atoms with Gasteiger partial charge in [-0.2, -0.15) is 0 Å². The van der Waals surface area contributed by atoms with Gasteiger partial charge < -0.3 is 24.2 Å². The van der Waals surface area contributed by atoms with Crippen molar-refractivity contribution in [2.45, 2.75) is 213 Å². The molecule has 0 fully saturated rings. The summed E-state index contributed by atoms with van der Waals surface area (Å²) in [7, 11) is -4.76. The Balaban J connectivity index is 4.85.